The minimum Gasteiger partial charge on any atom is -0.392 e. The lowest BCUT2D eigenvalue weighted by molar-refractivity contribution is 0.139. The van der Waals surface area contributed by atoms with E-state index in [-0.39, 0.29) is 12.1 Å². The van der Waals surface area contributed by atoms with Crippen LogP contribution in [0.15, 0.2) is 22.7 Å². The highest BCUT2D eigenvalue weighted by atomic mass is 79.9. The van der Waals surface area contributed by atoms with Crippen molar-refractivity contribution in [2.24, 2.45) is 0 Å². The van der Waals surface area contributed by atoms with Crippen molar-refractivity contribution in [2.75, 3.05) is 31.6 Å². The number of hydrogen-bond acceptors (Lipinski definition) is 3. The van der Waals surface area contributed by atoms with Gasteiger partial charge in [-0.25, -0.2) is 0 Å². The van der Waals surface area contributed by atoms with Gasteiger partial charge < -0.3 is 10.0 Å². The Morgan fingerprint density at radius 2 is 2.06 bits per heavy atom. The second kappa shape index (κ2) is 5.19. The zero-order valence-corrected chi connectivity index (χ0v) is 12.9. The van der Waals surface area contributed by atoms with Crippen LogP contribution < -0.4 is 4.90 Å². The maximum atomic E-state index is 9.14. The molecule has 0 spiro atoms. The van der Waals surface area contributed by atoms with Crippen molar-refractivity contribution in [3.63, 3.8) is 0 Å². The third-order valence-corrected chi connectivity index (χ3v) is 4.49. The van der Waals surface area contributed by atoms with Gasteiger partial charge in [0.2, 0.25) is 0 Å². The number of halogens is 1. The molecule has 0 aromatic heterocycles. The van der Waals surface area contributed by atoms with Crippen LogP contribution in [-0.2, 0) is 6.61 Å². The van der Waals surface area contributed by atoms with Gasteiger partial charge in [-0.2, -0.15) is 0 Å². The number of hydrogen-bond donors (Lipinski definition) is 1. The summed E-state index contributed by atoms with van der Waals surface area (Å²) in [5, 5.41) is 9.14. The summed E-state index contributed by atoms with van der Waals surface area (Å²) in [7, 11) is 2.18. The Balaban J connectivity index is 2.22. The fourth-order valence-corrected chi connectivity index (χ4v) is 3.03. The number of anilines is 1. The van der Waals surface area contributed by atoms with E-state index < -0.39 is 0 Å². The summed E-state index contributed by atoms with van der Waals surface area (Å²) in [5.41, 5.74) is 2.35. The smallest absolute Gasteiger partial charge is 0.0682 e. The van der Waals surface area contributed by atoms with E-state index in [1.807, 2.05) is 12.1 Å². The molecule has 2 rings (SSSR count). The van der Waals surface area contributed by atoms with Gasteiger partial charge in [0.15, 0.2) is 0 Å². The number of aliphatic hydroxyl groups excluding tert-OH is 1. The van der Waals surface area contributed by atoms with Gasteiger partial charge in [0, 0.05) is 29.6 Å². The minimum absolute atomic E-state index is 0.0904. The fourth-order valence-electron chi connectivity index (χ4n) is 2.35. The number of likely N-dealkylation sites (N-methyl/N-ethyl adjacent to an activating group) is 1. The highest BCUT2D eigenvalue weighted by molar-refractivity contribution is 9.10. The Hall–Kier alpha value is -0.580. The van der Waals surface area contributed by atoms with Crippen molar-refractivity contribution >= 4 is 21.6 Å². The normalized spacial score (nSPS) is 20.2. The maximum Gasteiger partial charge on any atom is 0.0682 e. The summed E-state index contributed by atoms with van der Waals surface area (Å²) in [5.74, 6) is 0. The highest BCUT2D eigenvalue weighted by Crippen LogP contribution is 2.31. The standard InChI is InChI=1S/C14H21BrN2O/c1-14(2)10-17(7-6-16(14)3)13-5-4-11(9-18)8-12(13)15/h4-5,8,18H,6-7,9-10H2,1-3H3. The molecule has 0 radical (unpaired) electrons. The maximum absolute atomic E-state index is 9.14. The summed E-state index contributed by atoms with van der Waals surface area (Å²) < 4.78 is 1.06. The topological polar surface area (TPSA) is 26.7 Å². The molecule has 100 valence electrons. The van der Waals surface area contributed by atoms with Crippen molar-refractivity contribution in [1.29, 1.82) is 0 Å². The molecular formula is C14H21BrN2O. The van der Waals surface area contributed by atoms with Gasteiger partial charge in [0.1, 0.15) is 0 Å². The van der Waals surface area contributed by atoms with Crippen molar-refractivity contribution < 1.29 is 5.11 Å². The van der Waals surface area contributed by atoms with Crippen molar-refractivity contribution in [3.05, 3.63) is 28.2 Å². The Morgan fingerprint density at radius 3 is 2.61 bits per heavy atom. The van der Waals surface area contributed by atoms with E-state index in [1.165, 1.54) is 5.69 Å². The zero-order valence-electron chi connectivity index (χ0n) is 11.3. The second-order valence-corrected chi connectivity index (χ2v) is 6.45. The molecule has 0 amide bonds. The Morgan fingerprint density at radius 1 is 1.33 bits per heavy atom. The first-order valence-electron chi connectivity index (χ1n) is 6.29. The summed E-state index contributed by atoms with van der Waals surface area (Å²) in [6.45, 7) is 7.76. The molecular weight excluding hydrogens is 292 g/mol. The Bertz CT molecular complexity index is 434. The molecule has 1 fully saturated rings. The molecule has 0 unspecified atom stereocenters. The second-order valence-electron chi connectivity index (χ2n) is 5.60. The molecule has 3 nitrogen and oxygen atoms in total. The quantitative estimate of drug-likeness (QED) is 0.909. The van der Waals surface area contributed by atoms with Gasteiger partial charge in [-0.05, 0) is 54.5 Å². The lowest BCUT2D eigenvalue weighted by Gasteiger charge is -2.46. The van der Waals surface area contributed by atoms with E-state index in [4.69, 9.17) is 5.11 Å². The van der Waals surface area contributed by atoms with Crippen LogP contribution >= 0.6 is 15.9 Å². The molecule has 4 heteroatoms. The first-order valence-corrected chi connectivity index (χ1v) is 7.09. The molecule has 0 bridgehead atoms. The zero-order chi connectivity index (χ0) is 13.3. The summed E-state index contributed by atoms with van der Waals surface area (Å²) in [4.78, 5) is 4.81. The molecule has 1 saturated heterocycles. The largest absolute Gasteiger partial charge is 0.392 e. The monoisotopic (exact) mass is 312 g/mol. The molecule has 0 aliphatic carbocycles. The van der Waals surface area contributed by atoms with Gasteiger partial charge in [0.05, 0.1) is 12.3 Å². The summed E-state index contributed by atoms with van der Waals surface area (Å²) in [6.07, 6.45) is 0. The average molecular weight is 313 g/mol. The van der Waals surface area contributed by atoms with Crippen molar-refractivity contribution in [1.82, 2.24) is 4.90 Å². The van der Waals surface area contributed by atoms with Crippen molar-refractivity contribution in [2.45, 2.75) is 26.0 Å². The predicted molar refractivity (Wildman–Crippen MR) is 79.0 cm³/mol. The lowest BCUT2D eigenvalue weighted by atomic mass is 9.99. The number of aliphatic hydroxyl groups is 1. The molecule has 0 saturated carbocycles. The van der Waals surface area contributed by atoms with Gasteiger partial charge in [-0.15, -0.1) is 0 Å². The fraction of sp³-hybridized carbons (Fsp3) is 0.571. The van der Waals surface area contributed by atoms with E-state index in [0.29, 0.717) is 0 Å². The number of benzene rings is 1. The molecule has 1 aromatic carbocycles. The van der Waals surface area contributed by atoms with Crippen LogP contribution in [0, 0.1) is 0 Å². The van der Waals surface area contributed by atoms with Gasteiger partial charge in [-0.1, -0.05) is 6.07 Å². The summed E-state index contributed by atoms with van der Waals surface area (Å²) in [6, 6.07) is 6.09. The number of rotatable bonds is 2. The van der Waals surface area contributed by atoms with Crippen LogP contribution in [0.4, 0.5) is 5.69 Å². The molecule has 1 N–H and O–H groups in total. The lowest BCUT2D eigenvalue weighted by Crippen LogP contribution is -2.57. The van der Waals surface area contributed by atoms with Crippen LogP contribution in [0.2, 0.25) is 0 Å². The molecule has 0 atom stereocenters. The molecule has 1 aromatic rings. The summed E-state index contributed by atoms with van der Waals surface area (Å²) >= 11 is 3.61. The Labute approximate surface area is 118 Å². The first kappa shape index (κ1) is 13.8. The van der Waals surface area contributed by atoms with Crippen LogP contribution in [-0.4, -0.2) is 42.2 Å². The predicted octanol–water partition coefficient (Wildman–Crippen LogP) is 2.47. The van der Waals surface area contributed by atoms with Crippen LogP contribution in [0.5, 0.6) is 0 Å². The van der Waals surface area contributed by atoms with E-state index in [1.54, 1.807) is 0 Å². The Kier molecular flexibility index (Phi) is 3.99. The van der Waals surface area contributed by atoms with Gasteiger partial charge >= 0.3 is 0 Å². The van der Waals surface area contributed by atoms with E-state index >= 15 is 0 Å². The first-order chi connectivity index (χ1) is 8.44. The van der Waals surface area contributed by atoms with E-state index in [2.05, 4.69) is 52.7 Å². The molecule has 1 aliphatic heterocycles. The minimum atomic E-state index is 0.0904. The van der Waals surface area contributed by atoms with Crippen LogP contribution in [0.1, 0.15) is 19.4 Å². The van der Waals surface area contributed by atoms with Gasteiger partial charge in [-0.3, -0.25) is 4.90 Å². The highest BCUT2D eigenvalue weighted by Gasteiger charge is 2.31. The van der Waals surface area contributed by atoms with Crippen LogP contribution in [0.3, 0.4) is 0 Å². The third-order valence-electron chi connectivity index (χ3n) is 3.85. The number of piperazine rings is 1. The van der Waals surface area contributed by atoms with Crippen LogP contribution in [0.25, 0.3) is 0 Å². The number of nitrogens with zero attached hydrogens (tertiary/aromatic N) is 2. The van der Waals surface area contributed by atoms with Crippen molar-refractivity contribution in [3.8, 4) is 0 Å². The third kappa shape index (κ3) is 2.71. The molecule has 18 heavy (non-hydrogen) atoms. The molecule has 1 aliphatic rings. The van der Waals surface area contributed by atoms with E-state index in [9.17, 15) is 0 Å². The van der Waals surface area contributed by atoms with E-state index in [0.717, 1.165) is 29.7 Å². The SMILES string of the molecule is CN1CCN(c2ccc(CO)cc2Br)CC1(C)C. The average Bonchev–Trinajstić information content (AvgIpc) is 2.32. The molecule has 1 heterocycles. The van der Waals surface area contributed by atoms with Gasteiger partial charge in [0.25, 0.3) is 0 Å².